The number of aromatic hydroxyl groups is 1. The molecule has 3 nitrogen and oxygen atoms in total. The van der Waals surface area contributed by atoms with E-state index in [0.29, 0.717) is 11.7 Å². The van der Waals surface area contributed by atoms with E-state index in [4.69, 9.17) is 4.74 Å². The average molecular weight is 512 g/mol. The Kier molecular flexibility index (Phi) is 7.25. The van der Waals surface area contributed by atoms with Crippen molar-refractivity contribution in [2.45, 2.75) is 89.6 Å². The van der Waals surface area contributed by atoms with Crippen LogP contribution in [-0.2, 0) is 5.41 Å². The van der Waals surface area contributed by atoms with Gasteiger partial charge in [0.15, 0.2) is 0 Å². The normalized spacial score (nSPS) is 23.0. The second-order valence-corrected chi connectivity index (χ2v) is 11.1. The molecule has 2 N–H and O–H groups in total. The number of unbranched alkanes of at least 4 members (excludes halogenated alkanes) is 3. The lowest BCUT2D eigenvalue weighted by atomic mass is 9.66. The largest absolute Gasteiger partial charge is 0.508 e. The molecule has 1 aromatic carbocycles. The Morgan fingerprint density at radius 2 is 1.90 bits per heavy atom. The van der Waals surface area contributed by atoms with E-state index in [1.807, 2.05) is 6.07 Å². The molecule has 1 heterocycles. The third kappa shape index (κ3) is 4.95. The van der Waals surface area contributed by atoms with Gasteiger partial charge in [-0.05, 0) is 72.6 Å². The number of hydrogen-bond acceptors (Lipinski definition) is 3. The van der Waals surface area contributed by atoms with E-state index in [1.54, 1.807) is 0 Å². The third-order valence-corrected chi connectivity index (χ3v) is 7.82. The number of alkyl halides is 1. The maximum Gasteiger partial charge on any atom is 0.127 e. The van der Waals surface area contributed by atoms with Crippen LogP contribution in [0.5, 0.6) is 11.5 Å². The monoisotopic (exact) mass is 512 g/mol. The van der Waals surface area contributed by atoms with Crippen molar-refractivity contribution in [3.63, 3.8) is 0 Å². The highest BCUT2D eigenvalue weighted by Crippen LogP contribution is 2.54. The fourth-order valence-corrected chi connectivity index (χ4v) is 5.68. The molecule has 1 aromatic rings. The van der Waals surface area contributed by atoms with Crippen LogP contribution in [0.25, 0.3) is 0 Å². The van der Waals surface area contributed by atoms with Gasteiger partial charge in [0.1, 0.15) is 17.1 Å². The molecule has 1 aliphatic heterocycles. The third-order valence-electron chi connectivity index (χ3n) is 7.06. The summed E-state index contributed by atoms with van der Waals surface area (Å²) in [6.07, 6.45) is 10.0. The predicted molar refractivity (Wildman–Crippen MR) is 128 cm³/mol. The summed E-state index contributed by atoms with van der Waals surface area (Å²) >= 11 is 2.45. The van der Waals surface area contributed by atoms with Gasteiger partial charge in [0.05, 0.1) is 6.61 Å². The summed E-state index contributed by atoms with van der Waals surface area (Å²) in [4.78, 5) is 0. The van der Waals surface area contributed by atoms with Gasteiger partial charge in [-0.3, -0.25) is 0 Å². The minimum Gasteiger partial charge on any atom is -0.508 e. The summed E-state index contributed by atoms with van der Waals surface area (Å²) < 4.78 is 7.72. The Balaban J connectivity index is 1.87. The first-order valence-electron chi connectivity index (χ1n) is 11.1. The Labute approximate surface area is 190 Å². The number of phenols is 1. The molecule has 29 heavy (non-hydrogen) atoms. The van der Waals surface area contributed by atoms with E-state index in [-0.39, 0.29) is 23.5 Å². The van der Waals surface area contributed by atoms with Crippen LogP contribution in [0, 0.1) is 5.92 Å². The van der Waals surface area contributed by atoms with Gasteiger partial charge >= 0.3 is 0 Å². The Morgan fingerprint density at radius 1 is 1.17 bits per heavy atom. The highest BCUT2D eigenvalue weighted by molar-refractivity contribution is 14.1. The molecule has 0 spiro atoms. The molecule has 0 fully saturated rings. The summed E-state index contributed by atoms with van der Waals surface area (Å²) in [5.74, 6) is 1.71. The minimum atomic E-state index is -0.288. The lowest BCUT2D eigenvalue weighted by molar-refractivity contribution is 0.00662. The van der Waals surface area contributed by atoms with Gasteiger partial charge in [-0.25, -0.2) is 0 Å². The number of allylic oxidation sites excluding steroid dienone is 1. The van der Waals surface area contributed by atoms with E-state index >= 15 is 0 Å². The zero-order chi connectivity index (χ0) is 21.2. The molecule has 0 saturated carbocycles. The number of rotatable bonds is 8. The summed E-state index contributed by atoms with van der Waals surface area (Å²) in [6, 6.07) is 4.15. The van der Waals surface area contributed by atoms with Gasteiger partial charge in [-0.15, -0.1) is 0 Å². The van der Waals surface area contributed by atoms with E-state index in [0.717, 1.165) is 41.7 Å². The fraction of sp³-hybridized carbons (Fsp3) is 0.680. The van der Waals surface area contributed by atoms with Crippen LogP contribution < -0.4 is 4.74 Å². The van der Waals surface area contributed by atoms with Crippen molar-refractivity contribution in [2.24, 2.45) is 5.92 Å². The van der Waals surface area contributed by atoms with Gasteiger partial charge < -0.3 is 14.9 Å². The van der Waals surface area contributed by atoms with Gasteiger partial charge in [0.25, 0.3) is 0 Å². The van der Waals surface area contributed by atoms with E-state index in [1.165, 1.54) is 30.1 Å². The lowest BCUT2D eigenvalue weighted by Crippen LogP contribution is -2.45. The van der Waals surface area contributed by atoms with Crippen LogP contribution in [0.2, 0.25) is 0 Å². The molecule has 0 aromatic heterocycles. The molecule has 0 amide bonds. The van der Waals surface area contributed by atoms with Crippen LogP contribution in [0.3, 0.4) is 0 Å². The number of benzene rings is 1. The van der Waals surface area contributed by atoms with Crippen LogP contribution in [-0.4, -0.2) is 26.8 Å². The zero-order valence-electron chi connectivity index (χ0n) is 18.4. The second-order valence-electron chi connectivity index (χ2n) is 10.0. The lowest BCUT2D eigenvalue weighted by Gasteiger charge is -2.47. The van der Waals surface area contributed by atoms with Crippen molar-refractivity contribution in [1.82, 2.24) is 0 Å². The molecule has 3 rings (SSSR count). The number of ether oxygens (including phenoxy) is 1. The van der Waals surface area contributed by atoms with Crippen molar-refractivity contribution >= 4 is 22.6 Å². The molecular formula is C25H37IO3. The summed E-state index contributed by atoms with van der Waals surface area (Å²) in [6.45, 7) is 8.97. The summed E-state index contributed by atoms with van der Waals surface area (Å²) in [5, 5.41) is 20.7. The summed E-state index contributed by atoms with van der Waals surface area (Å²) in [7, 11) is 0. The van der Waals surface area contributed by atoms with E-state index < -0.39 is 0 Å². The molecule has 0 radical (unpaired) electrons. The maximum absolute atomic E-state index is 11.0. The summed E-state index contributed by atoms with van der Waals surface area (Å²) in [5.41, 5.74) is 2.89. The standard InChI is InChI=1S/C25H37IO3/c1-24(2,11-7-5-6-8-12-26)18-14-21(28)23-19-13-17(16-27)9-10-20(19)25(3,4)29-22(23)15-18/h9,14-15,19-20,27-28H,5-8,10-13,16H2,1-4H3. The quantitative estimate of drug-likeness (QED) is 0.178. The van der Waals surface area contributed by atoms with Crippen molar-refractivity contribution in [2.75, 3.05) is 11.0 Å². The van der Waals surface area contributed by atoms with Crippen LogP contribution in [0.1, 0.15) is 89.7 Å². The van der Waals surface area contributed by atoms with Crippen molar-refractivity contribution < 1.29 is 14.9 Å². The molecule has 162 valence electrons. The molecule has 0 bridgehead atoms. The number of halogens is 1. The molecule has 4 heteroatoms. The van der Waals surface area contributed by atoms with Crippen molar-refractivity contribution in [1.29, 1.82) is 0 Å². The number of hydrogen-bond donors (Lipinski definition) is 2. The first-order chi connectivity index (χ1) is 13.7. The maximum atomic E-state index is 11.0. The number of fused-ring (bicyclic) bond motifs is 3. The van der Waals surface area contributed by atoms with Gasteiger partial charge in [-0.2, -0.15) is 0 Å². The highest BCUT2D eigenvalue weighted by Gasteiger charge is 2.46. The highest BCUT2D eigenvalue weighted by atomic mass is 127. The van der Waals surface area contributed by atoms with Gasteiger partial charge in [0.2, 0.25) is 0 Å². The molecule has 2 unspecified atom stereocenters. The zero-order valence-corrected chi connectivity index (χ0v) is 20.6. The Hall–Kier alpha value is -0.750. The van der Waals surface area contributed by atoms with E-state index in [9.17, 15) is 10.2 Å². The molecular weight excluding hydrogens is 475 g/mol. The number of aliphatic hydroxyl groups is 1. The van der Waals surface area contributed by atoms with Gasteiger partial charge in [-0.1, -0.05) is 61.8 Å². The number of aliphatic hydroxyl groups excluding tert-OH is 1. The Morgan fingerprint density at radius 3 is 2.59 bits per heavy atom. The van der Waals surface area contributed by atoms with Crippen molar-refractivity contribution in [3.8, 4) is 11.5 Å². The topological polar surface area (TPSA) is 49.7 Å². The second kappa shape index (κ2) is 9.17. The first-order valence-corrected chi connectivity index (χ1v) is 12.6. The first kappa shape index (κ1) is 22.9. The molecule has 1 aliphatic carbocycles. The Bertz CT molecular complexity index is 751. The van der Waals surface area contributed by atoms with Crippen LogP contribution in [0.4, 0.5) is 0 Å². The smallest absolute Gasteiger partial charge is 0.127 e. The van der Waals surface area contributed by atoms with Crippen molar-refractivity contribution in [3.05, 3.63) is 34.9 Å². The molecule has 2 atom stereocenters. The predicted octanol–water partition coefficient (Wildman–Crippen LogP) is 6.64. The molecule has 2 aliphatic rings. The molecule has 0 saturated heterocycles. The van der Waals surface area contributed by atoms with Crippen LogP contribution >= 0.6 is 22.6 Å². The van der Waals surface area contributed by atoms with Crippen LogP contribution in [0.15, 0.2) is 23.8 Å². The minimum absolute atomic E-state index is 0.00388. The fourth-order valence-electron chi connectivity index (χ4n) is 5.14. The average Bonchev–Trinajstić information content (AvgIpc) is 2.66. The number of phenolic OH excluding ortho intramolecular Hbond substituents is 1. The SMILES string of the molecule is CC(C)(CCCCCCI)c1cc(O)c2c(c1)OC(C)(C)C1CC=C(CO)CC21. The van der Waals surface area contributed by atoms with Gasteiger partial charge in [0, 0.05) is 17.4 Å². The van der Waals surface area contributed by atoms with E-state index in [2.05, 4.69) is 62.4 Å².